The van der Waals surface area contributed by atoms with Gasteiger partial charge in [0.1, 0.15) is 0 Å². The van der Waals surface area contributed by atoms with E-state index in [1.165, 1.54) is 22.3 Å². The van der Waals surface area contributed by atoms with E-state index < -0.39 is 0 Å². The predicted molar refractivity (Wildman–Crippen MR) is 129 cm³/mol. The van der Waals surface area contributed by atoms with Gasteiger partial charge in [0.25, 0.3) is 0 Å². The summed E-state index contributed by atoms with van der Waals surface area (Å²) in [5.74, 6) is 0.855. The Hall–Kier alpha value is -3.33. The van der Waals surface area contributed by atoms with Gasteiger partial charge in [0.05, 0.1) is 17.6 Å². The molecule has 3 nitrogen and oxygen atoms in total. The summed E-state index contributed by atoms with van der Waals surface area (Å²) in [6, 6.07) is 21.6. The molecule has 0 radical (unpaired) electrons. The van der Waals surface area contributed by atoms with Crippen LogP contribution in [0.5, 0.6) is 0 Å². The molecule has 1 heterocycles. The van der Waals surface area contributed by atoms with Gasteiger partial charge in [-0.1, -0.05) is 61.0 Å². The number of aromatic nitrogens is 2. The van der Waals surface area contributed by atoms with E-state index in [0.29, 0.717) is 0 Å². The molecule has 0 aliphatic heterocycles. The molecule has 4 rings (SSSR count). The van der Waals surface area contributed by atoms with Crippen LogP contribution >= 0.6 is 0 Å². The zero-order chi connectivity index (χ0) is 21.3. The van der Waals surface area contributed by atoms with Gasteiger partial charge in [0, 0.05) is 5.69 Å². The number of allylic oxidation sites excluding steroid dienone is 1. The third-order valence-electron chi connectivity index (χ3n) is 5.69. The Kier molecular flexibility index (Phi) is 5.45. The van der Waals surface area contributed by atoms with E-state index in [1.807, 2.05) is 6.92 Å². The van der Waals surface area contributed by atoms with Crippen LogP contribution in [0.4, 0.5) is 11.6 Å². The van der Waals surface area contributed by atoms with Crippen molar-refractivity contribution in [1.82, 2.24) is 9.55 Å². The maximum Gasteiger partial charge on any atom is 0.208 e. The topological polar surface area (TPSA) is 29.9 Å². The van der Waals surface area contributed by atoms with Crippen LogP contribution in [0.15, 0.2) is 67.2 Å². The smallest absolute Gasteiger partial charge is 0.208 e. The maximum absolute atomic E-state index is 4.95. The van der Waals surface area contributed by atoms with Crippen LogP contribution < -0.4 is 5.32 Å². The van der Waals surface area contributed by atoms with Crippen molar-refractivity contribution in [3.8, 4) is 0 Å². The minimum atomic E-state index is 0.768. The van der Waals surface area contributed by atoms with E-state index >= 15 is 0 Å². The van der Waals surface area contributed by atoms with Crippen molar-refractivity contribution in [3.05, 3.63) is 95.1 Å². The quantitative estimate of drug-likeness (QED) is 0.379. The lowest BCUT2D eigenvalue weighted by Crippen LogP contribution is -2.06. The van der Waals surface area contributed by atoms with Crippen molar-refractivity contribution in [1.29, 1.82) is 0 Å². The molecule has 3 aromatic carbocycles. The molecule has 0 saturated heterocycles. The van der Waals surface area contributed by atoms with Crippen molar-refractivity contribution in [2.24, 2.45) is 0 Å². The standard InChI is InChI=1S/C27H29N3/c1-6-21-8-12-24(13-9-21)28-27-29-25-16-22(18(2)3)11-14-26(25)30(27)17-23-10-7-19(4)15-20(23)5/h7-16H,2,6,17H2,1,3-5H3,(H,28,29). The molecule has 0 unspecified atom stereocenters. The fourth-order valence-electron chi connectivity index (χ4n) is 3.80. The second-order valence-corrected chi connectivity index (χ2v) is 8.11. The van der Waals surface area contributed by atoms with Crippen molar-refractivity contribution in [2.45, 2.75) is 40.7 Å². The molecule has 0 aliphatic rings. The first kappa shape index (κ1) is 20.0. The second kappa shape index (κ2) is 8.19. The Balaban J connectivity index is 1.79. The first-order valence-corrected chi connectivity index (χ1v) is 10.5. The number of imidazole rings is 1. The third kappa shape index (κ3) is 4.02. The number of hydrogen-bond acceptors (Lipinski definition) is 2. The van der Waals surface area contributed by atoms with Crippen molar-refractivity contribution in [3.63, 3.8) is 0 Å². The number of hydrogen-bond donors (Lipinski definition) is 1. The van der Waals surface area contributed by atoms with Gasteiger partial charge in [-0.05, 0) is 73.7 Å². The van der Waals surface area contributed by atoms with E-state index in [-0.39, 0.29) is 0 Å². The van der Waals surface area contributed by atoms with Crippen LogP contribution in [0.3, 0.4) is 0 Å². The van der Waals surface area contributed by atoms with Gasteiger partial charge in [0.15, 0.2) is 0 Å². The molecule has 1 N–H and O–H groups in total. The van der Waals surface area contributed by atoms with E-state index in [1.54, 1.807) is 0 Å². The van der Waals surface area contributed by atoms with Crippen molar-refractivity contribution >= 4 is 28.2 Å². The first-order chi connectivity index (χ1) is 14.4. The number of nitrogens with zero attached hydrogens (tertiary/aromatic N) is 2. The summed E-state index contributed by atoms with van der Waals surface area (Å²) in [5, 5.41) is 3.54. The fourth-order valence-corrected chi connectivity index (χ4v) is 3.80. The van der Waals surface area contributed by atoms with Crippen LogP contribution in [0, 0.1) is 13.8 Å². The van der Waals surface area contributed by atoms with Gasteiger partial charge in [-0.2, -0.15) is 0 Å². The largest absolute Gasteiger partial charge is 0.326 e. The van der Waals surface area contributed by atoms with Crippen LogP contribution in [0.2, 0.25) is 0 Å². The molecule has 1 aromatic heterocycles. The summed E-state index contributed by atoms with van der Waals surface area (Å²) >= 11 is 0. The lowest BCUT2D eigenvalue weighted by atomic mass is 10.1. The third-order valence-corrected chi connectivity index (χ3v) is 5.69. The highest BCUT2D eigenvalue weighted by Gasteiger charge is 2.13. The Morgan fingerprint density at radius 2 is 1.77 bits per heavy atom. The average molecular weight is 396 g/mol. The molecular weight excluding hydrogens is 366 g/mol. The highest BCUT2D eigenvalue weighted by Crippen LogP contribution is 2.27. The lowest BCUT2D eigenvalue weighted by molar-refractivity contribution is 0.828. The number of fused-ring (bicyclic) bond motifs is 1. The zero-order valence-corrected chi connectivity index (χ0v) is 18.3. The summed E-state index contributed by atoms with van der Waals surface area (Å²) < 4.78 is 2.27. The molecule has 3 heteroatoms. The summed E-state index contributed by atoms with van der Waals surface area (Å²) in [4.78, 5) is 4.95. The number of anilines is 2. The molecule has 0 atom stereocenters. The van der Waals surface area contributed by atoms with E-state index in [4.69, 9.17) is 4.98 Å². The van der Waals surface area contributed by atoms with Crippen LogP contribution in [0.25, 0.3) is 16.6 Å². The normalized spacial score (nSPS) is 11.1. The molecule has 0 spiro atoms. The number of nitrogens with one attached hydrogen (secondary N) is 1. The molecule has 4 aromatic rings. The number of benzene rings is 3. The SMILES string of the molecule is C=C(C)c1ccc2c(c1)nc(Nc1ccc(CC)cc1)n2Cc1ccc(C)cc1C. The van der Waals surface area contributed by atoms with Crippen LogP contribution in [-0.4, -0.2) is 9.55 Å². The fraction of sp³-hybridized carbons (Fsp3) is 0.222. The molecule has 152 valence electrons. The van der Waals surface area contributed by atoms with Gasteiger partial charge in [-0.25, -0.2) is 4.98 Å². The molecule has 0 bridgehead atoms. The molecule has 0 saturated carbocycles. The Bertz CT molecular complexity index is 1210. The summed E-state index contributed by atoms with van der Waals surface area (Å²) in [6.45, 7) is 13.4. The van der Waals surface area contributed by atoms with Crippen molar-refractivity contribution < 1.29 is 0 Å². The van der Waals surface area contributed by atoms with E-state index in [2.05, 4.69) is 97.9 Å². The maximum atomic E-state index is 4.95. The Labute approximate surface area is 179 Å². The highest BCUT2D eigenvalue weighted by atomic mass is 15.2. The van der Waals surface area contributed by atoms with Crippen molar-refractivity contribution in [2.75, 3.05) is 5.32 Å². The van der Waals surface area contributed by atoms with Gasteiger partial charge in [-0.3, -0.25) is 0 Å². The minimum Gasteiger partial charge on any atom is -0.326 e. The summed E-state index contributed by atoms with van der Waals surface area (Å²) in [7, 11) is 0. The Morgan fingerprint density at radius 3 is 2.43 bits per heavy atom. The van der Waals surface area contributed by atoms with Crippen LogP contribution in [-0.2, 0) is 13.0 Å². The van der Waals surface area contributed by atoms with Crippen LogP contribution in [0.1, 0.15) is 41.7 Å². The molecule has 0 amide bonds. The van der Waals surface area contributed by atoms with Gasteiger partial charge in [0.2, 0.25) is 5.95 Å². The summed E-state index contributed by atoms with van der Waals surface area (Å²) in [5.41, 5.74) is 10.5. The zero-order valence-electron chi connectivity index (χ0n) is 18.3. The molecule has 0 aliphatic carbocycles. The first-order valence-electron chi connectivity index (χ1n) is 10.5. The molecule has 0 fully saturated rings. The van der Waals surface area contributed by atoms with Gasteiger partial charge >= 0.3 is 0 Å². The molecule has 30 heavy (non-hydrogen) atoms. The van der Waals surface area contributed by atoms with Gasteiger partial charge < -0.3 is 9.88 Å². The summed E-state index contributed by atoms with van der Waals surface area (Å²) in [6.07, 6.45) is 1.04. The van der Waals surface area contributed by atoms with E-state index in [9.17, 15) is 0 Å². The highest BCUT2D eigenvalue weighted by molar-refractivity contribution is 5.83. The Morgan fingerprint density at radius 1 is 1.00 bits per heavy atom. The predicted octanol–water partition coefficient (Wildman–Crippen LogP) is 7.04. The van der Waals surface area contributed by atoms with E-state index in [0.717, 1.165) is 46.8 Å². The number of aryl methyl sites for hydroxylation is 3. The molecular formula is C27H29N3. The lowest BCUT2D eigenvalue weighted by Gasteiger charge is -2.13. The second-order valence-electron chi connectivity index (χ2n) is 8.11. The number of rotatable bonds is 6. The van der Waals surface area contributed by atoms with Gasteiger partial charge in [-0.15, -0.1) is 0 Å². The monoisotopic (exact) mass is 395 g/mol. The minimum absolute atomic E-state index is 0.768. The average Bonchev–Trinajstić information content (AvgIpc) is 3.06.